The first-order valence-electron chi connectivity index (χ1n) is 14.1. The standard InChI is InChI=1S/C30H39N3O5S/c1-3-16-31-17-8-10-23-24(27(31)35)25-28(36)33(18-6-4-5-7-20-34)26-29(37)32(19-9-15-30(25,26)39-23)21-11-13-22(38-2)14-12-21/h8-15,23-26,34H,3-7,16-20H2,1-2H3/t23-,24+,25+,26?,30+/m1/s1. The van der Waals surface area contributed by atoms with Crippen molar-refractivity contribution in [1.29, 1.82) is 0 Å². The van der Waals surface area contributed by atoms with E-state index in [0.717, 1.165) is 37.8 Å². The van der Waals surface area contributed by atoms with Crippen LogP contribution in [-0.4, -0.2) is 88.6 Å². The van der Waals surface area contributed by atoms with Crippen LogP contribution in [0, 0.1) is 11.8 Å². The lowest BCUT2D eigenvalue weighted by atomic mass is 9.78. The Morgan fingerprint density at radius 3 is 2.46 bits per heavy atom. The molecular weight excluding hydrogens is 514 g/mol. The lowest BCUT2D eigenvalue weighted by Crippen LogP contribution is -2.53. The molecule has 4 heterocycles. The molecule has 1 unspecified atom stereocenters. The van der Waals surface area contributed by atoms with Gasteiger partial charge in [0.15, 0.2) is 0 Å². The number of unbranched alkanes of at least 4 members (excludes halogenated alkanes) is 3. The first-order valence-corrected chi connectivity index (χ1v) is 15.0. The molecule has 39 heavy (non-hydrogen) atoms. The molecule has 1 aromatic carbocycles. The third kappa shape index (κ3) is 4.88. The van der Waals surface area contributed by atoms with E-state index in [2.05, 4.69) is 19.1 Å². The quantitative estimate of drug-likeness (QED) is 0.353. The second-order valence-electron chi connectivity index (χ2n) is 10.8. The molecule has 1 N–H and O–H groups in total. The third-order valence-electron chi connectivity index (χ3n) is 8.43. The van der Waals surface area contributed by atoms with Crippen LogP contribution in [-0.2, 0) is 14.4 Å². The Labute approximate surface area is 235 Å². The highest BCUT2D eigenvalue weighted by Crippen LogP contribution is 2.61. The number of likely N-dealkylation sites (tertiary alicyclic amines) is 1. The number of hydrogen-bond acceptors (Lipinski definition) is 6. The number of amides is 3. The highest BCUT2D eigenvalue weighted by molar-refractivity contribution is 8.02. The molecule has 210 valence electrons. The van der Waals surface area contributed by atoms with Crippen molar-refractivity contribution in [2.24, 2.45) is 11.8 Å². The smallest absolute Gasteiger partial charge is 0.251 e. The summed E-state index contributed by atoms with van der Waals surface area (Å²) in [6.07, 6.45) is 12.3. The Balaban J connectivity index is 1.52. The van der Waals surface area contributed by atoms with Gasteiger partial charge >= 0.3 is 0 Å². The maximum atomic E-state index is 14.4. The molecule has 1 aromatic rings. The molecule has 0 bridgehead atoms. The van der Waals surface area contributed by atoms with Crippen molar-refractivity contribution in [3.63, 3.8) is 0 Å². The van der Waals surface area contributed by atoms with Crippen LogP contribution in [0.25, 0.3) is 0 Å². The number of carbonyl (C=O) groups is 3. The van der Waals surface area contributed by atoms with E-state index in [1.807, 2.05) is 41.3 Å². The van der Waals surface area contributed by atoms with Gasteiger partial charge in [-0.2, -0.15) is 0 Å². The van der Waals surface area contributed by atoms with Crippen LogP contribution in [0.4, 0.5) is 5.69 Å². The van der Waals surface area contributed by atoms with Gasteiger partial charge in [-0.05, 0) is 43.5 Å². The van der Waals surface area contributed by atoms with E-state index in [9.17, 15) is 14.4 Å². The number of methoxy groups -OCH3 is 1. The fraction of sp³-hybridized carbons (Fsp3) is 0.567. The molecule has 0 aromatic heterocycles. The largest absolute Gasteiger partial charge is 0.497 e. The minimum absolute atomic E-state index is 0.0234. The van der Waals surface area contributed by atoms with Gasteiger partial charge in [0, 0.05) is 43.7 Å². The van der Waals surface area contributed by atoms with Gasteiger partial charge in [0.1, 0.15) is 11.8 Å². The van der Waals surface area contributed by atoms with Crippen molar-refractivity contribution < 1.29 is 24.2 Å². The highest BCUT2D eigenvalue weighted by atomic mass is 32.2. The number of ether oxygens (including phenoxy) is 1. The van der Waals surface area contributed by atoms with Crippen LogP contribution in [0.3, 0.4) is 0 Å². The van der Waals surface area contributed by atoms with Gasteiger partial charge in [0.2, 0.25) is 11.8 Å². The molecule has 2 saturated heterocycles. The number of fused-ring (bicyclic) bond motifs is 2. The fourth-order valence-electron chi connectivity index (χ4n) is 6.64. The van der Waals surface area contributed by atoms with Gasteiger partial charge < -0.3 is 24.5 Å². The minimum Gasteiger partial charge on any atom is -0.497 e. The molecule has 8 nitrogen and oxygen atoms in total. The Morgan fingerprint density at radius 2 is 1.74 bits per heavy atom. The second kappa shape index (κ2) is 11.8. The monoisotopic (exact) mass is 553 g/mol. The van der Waals surface area contributed by atoms with Gasteiger partial charge in [0.25, 0.3) is 5.91 Å². The number of carbonyl (C=O) groups excluding carboxylic acids is 3. The summed E-state index contributed by atoms with van der Waals surface area (Å²) in [5, 5.41) is 9.02. The molecule has 0 saturated carbocycles. The molecule has 9 heteroatoms. The average Bonchev–Trinajstić information content (AvgIpc) is 3.25. The zero-order valence-corrected chi connectivity index (χ0v) is 23.6. The van der Waals surface area contributed by atoms with Gasteiger partial charge in [-0.25, -0.2) is 0 Å². The van der Waals surface area contributed by atoms with Gasteiger partial charge in [0.05, 0.1) is 23.7 Å². The number of anilines is 1. The fourth-order valence-corrected chi connectivity index (χ4v) is 8.65. The predicted molar refractivity (Wildman–Crippen MR) is 153 cm³/mol. The van der Waals surface area contributed by atoms with E-state index in [1.165, 1.54) is 0 Å². The molecule has 4 aliphatic heterocycles. The van der Waals surface area contributed by atoms with Crippen molar-refractivity contribution in [3.05, 3.63) is 48.6 Å². The number of nitrogens with zero attached hydrogens (tertiary/aromatic N) is 3. The molecule has 0 aliphatic carbocycles. The van der Waals surface area contributed by atoms with Crippen LogP contribution in [0.1, 0.15) is 39.0 Å². The van der Waals surface area contributed by atoms with Crippen molar-refractivity contribution in [2.45, 2.75) is 55.1 Å². The van der Waals surface area contributed by atoms with E-state index in [0.29, 0.717) is 31.9 Å². The Bertz CT molecular complexity index is 1140. The van der Waals surface area contributed by atoms with Crippen LogP contribution >= 0.6 is 11.8 Å². The number of aliphatic hydroxyl groups is 1. The van der Waals surface area contributed by atoms with Crippen molar-refractivity contribution in [3.8, 4) is 5.75 Å². The summed E-state index contributed by atoms with van der Waals surface area (Å²) in [6, 6.07) is 6.73. The van der Waals surface area contributed by atoms with E-state index < -0.39 is 22.6 Å². The first-order chi connectivity index (χ1) is 19.0. The molecule has 1 spiro atoms. The first kappa shape index (κ1) is 27.8. The van der Waals surface area contributed by atoms with Crippen molar-refractivity contribution >= 4 is 35.2 Å². The lowest BCUT2D eigenvalue weighted by molar-refractivity contribution is -0.142. The Kier molecular flexibility index (Phi) is 8.38. The van der Waals surface area contributed by atoms with E-state index in [1.54, 1.807) is 28.7 Å². The van der Waals surface area contributed by atoms with Crippen LogP contribution in [0.15, 0.2) is 48.6 Å². The molecule has 0 radical (unpaired) electrons. The lowest BCUT2D eigenvalue weighted by Gasteiger charge is -2.35. The second-order valence-corrected chi connectivity index (χ2v) is 12.3. The summed E-state index contributed by atoms with van der Waals surface area (Å²) in [6.45, 7) is 4.29. The number of rotatable bonds is 10. The average molecular weight is 554 g/mol. The summed E-state index contributed by atoms with van der Waals surface area (Å²) in [7, 11) is 1.61. The molecular formula is C30H39N3O5S. The van der Waals surface area contributed by atoms with Crippen LogP contribution < -0.4 is 9.64 Å². The zero-order valence-electron chi connectivity index (χ0n) is 22.8. The van der Waals surface area contributed by atoms with Crippen LogP contribution in [0.5, 0.6) is 5.75 Å². The van der Waals surface area contributed by atoms with Crippen molar-refractivity contribution in [2.75, 3.05) is 44.8 Å². The topological polar surface area (TPSA) is 90.4 Å². The highest BCUT2D eigenvalue weighted by Gasteiger charge is 2.70. The molecule has 4 aliphatic rings. The summed E-state index contributed by atoms with van der Waals surface area (Å²) in [4.78, 5) is 48.0. The van der Waals surface area contributed by atoms with E-state index in [4.69, 9.17) is 9.84 Å². The number of aliphatic hydroxyl groups excluding tert-OH is 1. The Morgan fingerprint density at radius 1 is 0.974 bits per heavy atom. The van der Waals surface area contributed by atoms with Gasteiger partial charge in [-0.15, -0.1) is 11.8 Å². The number of benzene rings is 1. The third-order valence-corrected chi connectivity index (χ3v) is 10.2. The molecule has 5 atom stereocenters. The summed E-state index contributed by atoms with van der Waals surface area (Å²) in [5.41, 5.74) is 0.753. The van der Waals surface area contributed by atoms with Crippen LogP contribution in [0.2, 0.25) is 0 Å². The predicted octanol–water partition coefficient (Wildman–Crippen LogP) is 3.26. The number of thioether (sulfide) groups is 1. The van der Waals surface area contributed by atoms with Crippen molar-refractivity contribution in [1.82, 2.24) is 9.80 Å². The SMILES string of the molecule is CCCN1CC=C[C@H]2S[C@]34C=CCN(c5ccc(OC)cc5)C(=O)C3N(CCCCCCO)C(=O)[C@@H]4[C@H]2C1=O. The summed E-state index contributed by atoms with van der Waals surface area (Å²) < 4.78 is 4.50. The maximum absolute atomic E-state index is 14.4. The molecule has 2 fully saturated rings. The van der Waals surface area contributed by atoms with E-state index >= 15 is 0 Å². The normalized spacial score (nSPS) is 29.8. The zero-order chi connectivity index (χ0) is 27.6. The minimum atomic E-state index is -0.801. The number of hydrogen-bond donors (Lipinski definition) is 1. The molecule has 5 rings (SSSR count). The van der Waals surface area contributed by atoms with Gasteiger partial charge in [-0.1, -0.05) is 44.1 Å². The Hall–Kier alpha value is -2.78. The summed E-state index contributed by atoms with van der Waals surface area (Å²) in [5.74, 6) is -0.531. The van der Waals surface area contributed by atoms with E-state index in [-0.39, 0.29) is 29.6 Å². The summed E-state index contributed by atoms with van der Waals surface area (Å²) >= 11 is 1.62. The van der Waals surface area contributed by atoms with Gasteiger partial charge in [-0.3, -0.25) is 14.4 Å². The maximum Gasteiger partial charge on any atom is 0.251 e. The molecule has 3 amide bonds.